The Bertz CT molecular complexity index is 723. The number of anilines is 1. The molecule has 0 aromatic heterocycles. The van der Waals surface area contributed by atoms with Crippen LogP contribution in [0.3, 0.4) is 0 Å². The number of amides is 2. The first-order chi connectivity index (χ1) is 11.0. The van der Waals surface area contributed by atoms with Gasteiger partial charge in [0.1, 0.15) is 5.82 Å². The maximum absolute atomic E-state index is 13.6. The third-order valence-corrected chi connectivity index (χ3v) is 4.18. The lowest BCUT2D eigenvalue weighted by molar-refractivity contribution is -0.113. The van der Waals surface area contributed by atoms with E-state index >= 15 is 0 Å². The second-order valence-corrected chi connectivity index (χ2v) is 6.14. The van der Waals surface area contributed by atoms with E-state index in [1.54, 1.807) is 24.3 Å². The summed E-state index contributed by atoms with van der Waals surface area (Å²) in [4.78, 5) is 22.8. The highest BCUT2D eigenvalue weighted by Crippen LogP contribution is 2.19. The van der Waals surface area contributed by atoms with Gasteiger partial charge in [-0.2, -0.15) is 0 Å². The highest BCUT2D eigenvalue weighted by Gasteiger charge is 2.07. The Morgan fingerprint density at radius 2 is 1.87 bits per heavy atom. The van der Waals surface area contributed by atoms with E-state index in [0.29, 0.717) is 27.6 Å². The number of thioether (sulfide) groups is 1. The highest BCUT2D eigenvalue weighted by molar-refractivity contribution is 7.99. The zero-order valence-corrected chi connectivity index (χ0v) is 13.6. The van der Waals surface area contributed by atoms with Gasteiger partial charge in [0.2, 0.25) is 11.8 Å². The summed E-state index contributed by atoms with van der Waals surface area (Å²) in [6.07, 6.45) is 0. The topological polar surface area (TPSA) is 72.2 Å². The fourth-order valence-electron chi connectivity index (χ4n) is 1.81. The third-order valence-electron chi connectivity index (χ3n) is 2.96. The molecule has 0 radical (unpaired) electrons. The molecule has 2 aromatic carbocycles. The van der Waals surface area contributed by atoms with E-state index in [1.807, 2.05) is 0 Å². The molecule has 0 atom stereocenters. The quantitative estimate of drug-likeness (QED) is 0.836. The van der Waals surface area contributed by atoms with Crippen LogP contribution < -0.4 is 11.1 Å². The number of nitrogens with two attached hydrogens (primary N) is 1. The molecule has 0 aliphatic carbocycles. The molecular weight excluding hydrogens is 339 g/mol. The maximum atomic E-state index is 13.6. The van der Waals surface area contributed by atoms with Crippen molar-refractivity contribution in [2.75, 3.05) is 11.1 Å². The third kappa shape index (κ3) is 5.26. The van der Waals surface area contributed by atoms with Crippen LogP contribution in [0.15, 0.2) is 42.5 Å². The molecule has 2 amide bonds. The highest BCUT2D eigenvalue weighted by atomic mass is 35.5. The normalized spacial score (nSPS) is 10.3. The molecule has 2 rings (SSSR count). The first-order valence-electron chi connectivity index (χ1n) is 6.67. The molecule has 7 heteroatoms. The van der Waals surface area contributed by atoms with E-state index in [-0.39, 0.29) is 17.5 Å². The first kappa shape index (κ1) is 17.3. The molecule has 0 saturated heterocycles. The van der Waals surface area contributed by atoms with Crippen molar-refractivity contribution in [3.8, 4) is 0 Å². The number of hydrogen-bond acceptors (Lipinski definition) is 3. The predicted octanol–water partition coefficient (Wildman–Crippen LogP) is 3.45. The second kappa shape index (κ2) is 7.99. The van der Waals surface area contributed by atoms with E-state index in [0.717, 1.165) is 0 Å². The van der Waals surface area contributed by atoms with Gasteiger partial charge in [-0.15, -0.1) is 11.8 Å². The molecular formula is C16H14ClFN2O2S. The zero-order chi connectivity index (χ0) is 16.8. The number of primary amides is 1. The number of halogens is 2. The largest absolute Gasteiger partial charge is 0.366 e. The lowest BCUT2D eigenvalue weighted by Gasteiger charge is -2.06. The van der Waals surface area contributed by atoms with Gasteiger partial charge >= 0.3 is 0 Å². The van der Waals surface area contributed by atoms with Crippen molar-refractivity contribution in [3.05, 3.63) is 64.4 Å². The van der Waals surface area contributed by atoms with Crippen molar-refractivity contribution in [3.63, 3.8) is 0 Å². The molecule has 3 N–H and O–H groups in total. The van der Waals surface area contributed by atoms with Crippen molar-refractivity contribution in [2.45, 2.75) is 5.75 Å². The van der Waals surface area contributed by atoms with Gasteiger partial charge in [-0.25, -0.2) is 4.39 Å². The van der Waals surface area contributed by atoms with Crippen molar-refractivity contribution in [2.24, 2.45) is 5.73 Å². The molecule has 0 heterocycles. The van der Waals surface area contributed by atoms with Gasteiger partial charge in [-0.05, 0) is 42.0 Å². The average molecular weight is 353 g/mol. The summed E-state index contributed by atoms with van der Waals surface area (Å²) >= 11 is 6.98. The van der Waals surface area contributed by atoms with Crippen molar-refractivity contribution >= 4 is 40.9 Å². The Morgan fingerprint density at radius 1 is 1.17 bits per heavy atom. The van der Waals surface area contributed by atoms with Crippen molar-refractivity contribution < 1.29 is 14.0 Å². The van der Waals surface area contributed by atoms with Crippen LogP contribution in [0, 0.1) is 5.82 Å². The van der Waals surface area contributed by atoms with Gasteiger partial charge in [0.15, 0.2) is 0 Å². The van der Waals surface area contributed by atoms with Crippen molar-refractivity contribution in [1.82, 2.24) is 0 Å². The van der Waals surface area contributed by atoms with E-state index < -0.39 is 5.91 Å². The van der Waals surface area contributed by atoms with Gasteiger partial charge in [0.05, 0.1) is 5.75 Å². The van der Waals surface area contributed by atoms with Crippen LogP contribution in [0.4, 0.5) is 10.1 Å². The molecule has 4 nitrogen and oxygen atoms in total. The fourth-order valence-corrected chi connectivity index (χ4v) is 2.78. The van der Waals surface area contributed by atoms with E-state index in [1.165, 1.54) is 30.0 Å². The number of carbonyl (C=O) groups is 2. The second-order valence-electron chi connectivity index (χ2n) is 4.72. The number of benzene rings is 2. The van der Waals surface area contributed by atoms with Crippen LogP contribution in [0.2, 0.25) is 5.02 Å². The summed E-state index contributed by atoms with van der Waals surface area (Å²) in [5.41, 5.74) is 6.58. The van der Waals surface area contributed by atoms with Crippen LogP contribution >= 0.6 is 23.4 Å². The summed E-state index contributed by atoms with van der Waals surface area (Å²) in [6, 6.07) is 10.7. The smallest absolute Gasteiger partial charge is 0.248 e. The summed E-state index contributed by atoms with van der Waals surface area (Å²) in [6.45, 7) is 0. The lowest BCUT2D eigenvalue weighted by Crippen LogP contribution is -2.15. The summed E-state index contributed by atoms with van der Waals surface area (Å²) in [5, 5.41) is 3.03. The average Bonchev–Trinajstić information content (AvgIpc) is 2.50. The molecule has 120 valence electrons. The summed E-state index contributed by atoms with van der Waals surface area (Å²) < 4.78 is 13.6. The minimum Gasteiger partial charge on any atom is -0.366 e. The van der Waals surface area contributed by atoms with Crippen LogP contribution in [0.1, 0.15) is 15.9 Å². The van der Waals surface area contributed by atoms with E-state index in [4.69, 9.17) is 17.3 Å². The fraction of sp³-hybridized carbons (Fsp3) is 0.125. The number of carbonyl (C=O) groups excluding carboxylic acids is 2. The molecule has 0 spiro atoms. The molecule has 23 heavy (non-hydrogen) atoms. The van der Waals surface area contributed by atoms with Gasteiger partial charge < -0.3 is 11.1 Å². The Kier molecular flexibility index (Phi) is 6.01. The number of hydrogen-bond donors (Lipinski definition) is 2. The minimum absolute atomic E-state index is 0.180. The van der Waals surface area contributed by atoms with E-state index in [9.17, 15) is 14.0 Å². The lowest BCUT2D eigenvalue weighted by atomic mass is 10.2. The SMILES string of the molecule is NC(=O)c1ccc(NC(=O)CSCc2ccc(Cl)cc2F)cc1. The van der Waals surface area contributed by atoms with Crippen LogP contribution in [0.5, 0.6) is 0 Å². The monoisotopic (exact) mass is 352 g/mol. The molecule has 0 bridgehead atoms. The molecule has 0 unspecified atom stereocenters. The van der Waals surface area contributed by atoms with Gasteiger partial charge in [-0.3, -0.25) is 9.59 Å². The Hall–Kier alpha value is -2.05. The summed E-state index contributed by atoms with van der Waals surface area (Å²) in [7, 11) is 0. The first-order valence-corrected chi connectivity index (χ1v) is 8.20. The minimum atomic E-state index is -0.525. The molecule has 0 aliphatic heterocycles. The number of rotatable bonds is 6. The predicted molar refractivity (Wildman–Crippen MR) is 91.2 cm³/mol. The van der Waals surface area contributed by atoms with Crippen LogP contribution in [0.25, 0.3) is 0 Å². The molecule has 0 saturated carbocycles. The molecule has 2 aromatic rings. The van der Waals surface area contributed by atoms with Crippen molar-refractivity contribution in [1.29, 1.82) is 0 Å². The Morgan fingerprint density at radius 3 is 2.48 bits per heavy atom. The summed E-state index contributed by atoms with van der Waals surface area (Å²) in [5.74, 6) is -0.566. The van der Waals surface area contributed by atoms with Crippen LogP contribution in [-0.4, -0.2) is 17.6 Å². The Labute approximate surface area is 142 Å². The molecule has 0 fully saturated rings. The van der Waals surface area contributed by atoms with Gasteiger partial charge in [0, 0.05) is 22.0 Å². The van der Waals surface area contributed by atoms with Gasteiger partial charge in [-0.1, -0.05) is 17.7 Å². The standard InChI is InChI=1S/C16H14ClFN2O2S/c17-12-4-1-11(14(18)7-12)8-23-9-15(21)20-13-5-2-10(3-6-13)16(19)22/h1-7H,8-9H2,(H2,19,22)(H,20,21). The zero-order valence-electron chi connectivity index (χ0n) is 12.0. The number of nitrogens with one attached hydrogen (secondary N) is 1. The maximum Gasteiger partial charge on any atom is 0.248 e. The van der Waals surface area contributed by atoms with E-state index in [2.05, 4.69) is 5.32 Å². The Balaban J connectivity index is 1.82. The van der Waals surface area contributed by atoms with Gasteiger partial charge in [0.25, 0.3) is 0 Å². The molecule has 0 aliphatic rings. The van der Waals surface area contributed by atoms with Crippen LogP contribution in [-0.2, 0) is 10.5 Å².